The number of halogens is 2. The van der Waals surface area contributed by atoms with Crippen LogP contribution < -0.4 is 11.1 Å². The van der Waals surface area contributed by atoms with Crippen LogP contribution in [0, 0.1) is 5.82 Å². The van der Waals surface area contributed by atoms with Crippen molar-refractivity contribution in [3.8, 4) is 0 Å². The number of ether oxygens (including phenoxy) is 2. The summed E-state index contributed by atoms with van der Waals surface area (Å²) in [6, 6.07) is 0.905. The molecule has 0 saturated carbocycles. The maximum absolute atomic E-state index is 13.9. The van der Waals surface area contributed by atoms with Crippen LogP contribution in [0.4, 0.5) is 19.7 Å². The summed E-state index contributed by atoms with van der Waals surface area (Å²) >= 11 is 3.01. The van der Waals surface area contributed by atoms with E-state index in [0.29, 0.717) is 0 Å². The van der Waals surface area contributed by atoms with Crippen molar-refractivity contribution in [2.24, 2.45) is 5.73 Å². The molecule has 1 saturated heterocycles. The fourth-order valence-electron chi connectivity index (χ4n) is 3.11. The number of amides is 4. The number of carbonyl (C=O) groups excluding carboxylic acids is 4. The molecule has 188 valence electrons. The van der Waals surface area contributed by atoms with E-state index in [-0.39, 0.29) is 35.4 Å². The van der Waals surface area contributed by atoms with Crippen LogP contribution in [0.5, 0.6) is 0 Å². The highest BCUT2D eigenvalue weighted by Gasteiger charge is 2.40. The number of anilines is 1. The van der Waals surface area contributed by atoms with E-state index in [9.17, 15) is 23.6 Å². The lowest BCUT2D eigenvalue weighted by atomic mass is 10.1. The summed E-state index contributed by atoms with van der Waals surface area (Å²) in [6.45, 7) is 10.1. The van der Waals surface area contributed by atoms with Crippen molar-refractivity contribution in [3.63, 3.8) is 0 Å². The van der Waals surface area contributed by atoms with Crippen LogP contribution in [0.1, 0.15) is 51.9 Å². The maximum atomic E-state index is 13.9. The second-order valence-electron chi connectivity index (χ2n) is 9.78. The van der Waals surface area contributed by atoms with Crippen LogP contribution in [-0.4, -0.2) is 70.7 Å². The molecule has 3 N–H and O–H groups in total. The molecule has 1 aliphatic rings. The molecule has 0 aliphatic carbocycles. The first-order chi connectivity index (χ1) is 15.5. The minimum Gasteiger partial charge on any atom is -0.444 e. The number of primary amides is 1. The van der Waals surface area contributed by atoms with Crippen LogP contribution in [0.25, 0.3) is 0 Å². The fourth-order valence-corrected chi connectivity index (χ4v) is 3.45. The molecule has 1 atom stereocenters. The number of hydrogen-bond acceptors (Lipinski definition) is 6. The Bertz CT molecular complexity index is 989. The third-order valence-electron chi connectivity index (χ3n) is 4.55. The Labute approximate surface area is 206 Å². The van der Waals surface area contributed by atoms with Gasteiger partial charge in [-0.15, -0.1) is 0 Å². The molecular formula is C22H30BrFN4O6. The molecule has 1 aliphatic heterocycles. The minimum atomic E-state index is -1.18. The zero-order chi connectivity index (χ0) is 26.0. The first kappa shape index (κ1) is 27.4. The number of benzene rings is 1. The van der Waals surface area contributed by atoms with Crippen LogP contribution in [0.3, 0.4) is 0 Å². The molecule has 2 rings (SSSR count). The number of hydrogen-bond donors (Lipinski definition) is 2. The van der Waals surface area contributed by atoms with Gasteiger partial charge in [0.1, 0.15) is 23.1 Å². The van der Waals surface area contributed by atoms with Gasteiger partial charge in [0.15, 0.2) is 0 Å². The highest BCUT2D eigenvalue weighted by Crippen LogP contribution is 2.26. The molecule has 0 aromatic heterocycles. The van der Waals surface area contributed by atoms with E-state index >= 15 is 0 Å². The van der Waals surface area contributed by atoms with Crippen LogP contribution in [0.15, 0.2) is 16.6 Å². The smallest absolute Gasteiger partial charge is 0.411 e. The lowest BCUT2D eigenvalue weighted by Crippen LogP contribution is -2.61. The molecular weight excluding hydrogens is 515 g/mol. The second kappa shape index (κ2) is 10.2. The van der Waals surface area contributed by atoms with Gasteiger partial charge in [0.2, 0.25) is 5.91 Å². The highest BCUT2D eigenvalue weighted by molar-refractivity contribution is 9.10. The largest absolute Gasteiger partial charge is 0.444 e. The van der Waals surface area contributed by atoms with E-state index in [0.717, 1.165) is 6.07 Å². The lowest BCUT2D eigenvalue weighted by molar-refractivity contribution is -0.123. The average Bonchev–Trinajstić information content (AvgIpc) is 2.67. The van der Waals surface area contributed by atoms with Gasteiger partial charge in [0, 0.05) is 13.1 Å². The quantitative estimate of drug-likeness (QED) is 0.598. The van der Waals surface area contributed by atoms with Gasteiger partial charge in [-0.05, 0) is 69.6 Å². The zero-order valence-electron chi connectivity index (χ0n) is 20.0. The van der Waals surface area contributed by atoms with E-state index in [1.807, 2.05) is 0 Å². The van der Waals surface area contributed by atoms with Crippen LogP contribution >= 0.6 is 15.9 Å². The van der Waals surface area contributed by atoms with Gasteiger partial charge in [-0.25, -0.2) is 14.0 Å². The average molecular weight is 545 g/mol. The van der Waals surface area contributed by atoms with E-state index in [1.165, 1.54) is 15.9 Å². The first-order valence-corrected chi connectivity index (χ1v) is 11.3. The van der Waals surface area contributed by atoms with Gasteiger partial charge in [-0.1, -0.05) is 0 Å². The molecule has 0 bridgehead atoms. The number of rotatable bonds is 3. The third kappa shape index (κ3) is 7.31. The van der Waals surface area contributed by atoms with Crippen molar-refractivity contribution in [1.82, 2.24) is 9.80 Å². The van der Waals surface area contributed by atoms with Crippen molar-refractivity contribution in [2.75, 3.05) is 25.0 Å². The summed E-state index contributed by atoms with van der Waals surface area (Å²) in [4.78, 5) is 53.0. The van der Waals surface area contributed by atoms with Gasteiger partial charge in [0.05, 0.1) is 22.3 Å². The topological polar surface area (TPSA) is 131 Å². The van der Waals surface area contributed by atoms with Crippen molar-refractivity contribution < 1.29 is 33.0 Å². The Hall–Kier alpha value is -2.89. The van der Waals surface area contributed by atoms with Gasteiger partial charge >= 0.3 is 12.2 Å². The third-order valence-corrected chi connectivity index (χ3v) is 5.15. The molecule has 0 spiro atoms. The molecule has 1 aromatic carbocycles. The summed E-state index contributed by atoms with van der Waals surface area (Å²) in [5.41, 5.74) is 3.45. The fraction of sp³-hybridized carbons (Fsp3) is 0.545. The van der Waals surface area contributed by atoms with Gasteiger partial charge in [0.25, 0.3) is 5.91 Å². The van der Waals surface area contributed by atoms with Crippen LogP contribution in [-0.2, 0) is 14.3 Å². The predicted molar refractivity (Wildman–Crippen MR) is 126 cm³/mol. The summed E-state index contributed by atoms with van der Waals surface area (Å²) < 4.78 is 24.7. The SMILES string of the molecule is CC(C)(C)OC(=O)N1CCN(C(=O)OC(C)(C)C)C(C(=O)Nc2cc(Br)c(F)cc2C(N)=O)C1. The van der Waals surface area contributed by atoms with Crippen molar-refractivity contribution in [2.45, 2.75) is 58.8 Å². The summed E-state index contributed by atoms with van der Waals surface area (Å²) in [7, 11) is 0. The highest BCUT2D eigenvalue weighted by atomic mass is 79.9. The number of nitrogens with two attached hydrogens (primary N) is 1. The Morgan fingerprint density at radius 2 is 1.59 bits per heavy atom. The summed E-state index contributed by atoms with van der Waals surface area (Å²) in [5, 5.41) is 2.52. The lowest BCUT2D eigenvalue weighted by Gasteiger charge is -2.41. The van der Waals surface area contributed by atoms with Gasteiger partial charge < -0.3 is 25.4 Å². The van der Waals surface area contributed by atoms with E-state index in [2.05, 4.69) is 21.2 Å². The van der Waals surface area contributed by atoms with Crippen molar-refractivity contribution in [1.29, 1.82) is 0 Å². The predicted octanol–water partition coefficient (Wildman–Crippen LogP) is 3.48. The van der Waals surface area contributed by atoms with E-state index < -0.39 is 47.1 Å². The second-order valence-corrected chi connectivity index (χ2v) is 10.6. The Morgan fingerprint density at radius 1 is 1.03 bits per heavy atom. The molecule has 1 aromatic rings. The monoisotopic (exact) mass is 544 g/mol. The van der Waals surface area contributed by atoms with Gasteiger partial charge in [-0.2, -0.15) is 0 Å². The first-order valence-electron chi connectivity index (χ1n) is 10.6. The number of piperazine rings is 1. The van der Waals surface area contributed by atoms with Crippen LogP contribution in [0.2, 0.25) is 0 Å². The van der Waals surface area contributed by atoms with Crippen molar-refractivity contribution in [3.05, 3.63) is 28.0 Å². The Kier molecular flexibility index (Phi) is 8.18. The minimum absolute atomic E-state index is 0.00202. The number of nitrogens with zero attached hydrogens (tertiary/aromatic N) is 2. The molecule has 12 heteroatoms. The zero-order valence-corrected chi connectivity index (χ0v) is 21.6. The van der Waals surface area contributed by atoms with E-state index in [4.69, 9.17) is 15.2 Å². The standard InChI is InChI=1S/C22H30BrFN4O6/c1-21(2,3)33-19(31)27-7-8-28(20(32)34-22(4,5)6)16(11-27)18(30)26-15-10-13(23)14(24)9-12(15)17(25)29/h9-10,16H,7-8,11H2,1-6H3,(H2,25,29)(H,26,30). The normalized spacial score (nSPS) is 16.6. The molecule has 4 amide bonds. The van der Waals surface area contributed by atoms with Gasteiger partial charge in [-0.3, -0.25) is 14.5 Å². The van der Waals surface area contributed by atoms with E-state index in [1.54, 1.807) is 41.5 Å². The number of nitrogens with one attached hydrogen (secondary N) is 1. The van der Waals surface area contributed by atoms with Crippen molar-refractivity contribution >= 4 is 45.6 Å². The molecule has 0 radical (unpaired) electrons. The maximum Gasteiger partial charge on any atom is 0.411 e. The Balaban J connectivity index is 2.36. The number of carbonyl (C=O) groups is 4. The molecule has 10 nitrogen and oxygen atoms in total. The molecule has 1 fully saturated rings. The summed E-state index contributed by atoms with van der Waals surface area (Å²) in [6.07, 6.45) is -1.39. The molecule has 34 heavy (non-hydrogen) atoms. The molecule has 1 unspecified atom stereocenters. The summed E-state index contributed by atoms with van der Waals surface area (Å²) in [5.74, 6) is -2.42. The molecule has 1 heterocycles. The Morgan fingerprint density at radius 3 is 2.12 bits per heavy atom.